The van der Waals surface area contributed by atoms with Crippen molar-refractivity contribution in [3.63, 3.8) is 0 Å². The molecule has 2 aromatic rings. The third-order valence-electron chi connectivity index (χ3n) is 2.74. The van der Waals surface area contributed by atoms with Gasteiger partial charge in [-0.15, -0.1) is 11.3 Å². The van der Waals surface area contributed by atoms with E-state index in [0.29, 0.717) is 4.34 Å². The molecule has 0 aliphatic heterocycles. The molecule has 1 nitrogen and oxygen atoms in total. The molecule has 1 aromatic carbocycles. The van der Waals surface area contributed by atoms with Crippen molar-refractivity contribution in [3.05, 3.63) is 56.2 Å². The number of halogens is 3. The SMILES string of the molecule is CNC(c1cc(C)c(Cl)s1)c1cccc(F)c1F. The molecule has 0 aliphatic rings. The first-order valence-corrected chi connectivity index (χ1v) is 6.61. The van der Waals surface area contributed by atoms with Gasteiger partial charge in [-0.05, 0) is 31.7 Å². The van der Waals surface area contributed by atoms with E-state index in [-0.39, 0.29) is 5.56 Å². The molecule has 0 saturated carbocycles. The molecule has 1 atom stereocenters. The molecule has 0 fully saturated rings. The molecule has 0 radical (unpaired) electrons. The Bertz CT molecular complexity index is 549. The molecule has 0 spiro atoms. The topological polar surface area (TPSA) is 12.0 Å². The fourth-order valence-electron chi connectivity index (χ4n) is 1.82. The molecule has 1 heterocycles. The summed E-state index contributed by atoms with van der Waals surface area (Å²) in [6.45, 7) is 1.89. The molecule has 1 N–H and O–H groups in total. The fraction of sp³-hybridized carbons (Fsp3) is 0.231. The largest absolute Gasteiger partial charge is 0.309 e. The Hall–Kier alpha value is -0.970. The minimum atomic E-state index is -0.841. The van der Waals surface area contributed by atoms with Crippen LogP contribution in [0.3, 0.4) is 0 Å². The number of benzene rings is 1. The van der Waals surface area contributed by atoms with Crippen LogP contribution in [0, 0.1) is 18.6 Å². The minimum Gasteiger partial charge on any atom is -0.309 e. The van der Waals surface area contributed by atoms with Crippen LogP contribution in [-0.2, 0) is 0 Å². The summed E-state index contributed by atoms with van der Waals surface area (Å²) in [7, 11) is 1.71. The normalized spacial score (nSPS) is 12.7. The van der Waals surface area contributed by atoms with Crippen molar-refractivity contribution in [2.24, 2.45) is 0 Å². The van der Waals surface area contributed by atoms with Crippen LogP contribution in [-0.4, -0.2) is 7.05 Å². The van der Waals surface area contributed by atoms with Crippen molar-refractivity contribution in [2.45, 2.75) is 13.0 Å². The van der Waals surface area contributed by atoms with Crippen LogP contribution in [0.5, 0.6) is 0 Å². The zero-order chi connectivity index (χ0) is 13.3. The second kappa shape index (κ2) is 5.34. The minimum absolute atomic E-state index is 0.287. The average Bonchev–Trinajstić information content (AvgIpc) is 2.66. The first-order chi connectivity index (χ1) is 8.54. The highest BCUT2D eigenvalue weighted by Crippen LogP contribution is 2.35. The molecule has 0 bridgehead atoms. The van der Waals surface area contributed by atoms with Gasteiger partial charge in [0.25, 0.3) is 0 Å². The maximum absolute atomic E-state index is 13.8. The highest BCUT2D eigenvalue weighted by molar-refractivity contribution is 7.16. The van der Waals surface area contributed by atoms with Gasteiger partial charge in [0.15, 0.2) is 11.6 Å². The molecule has 5 heteroatoms. The highest BCUT2D eigenvalue weighted by atomic mass is 35.5. The summed E-state index contributed by atoms with van der Waals surface area (Å²) in [5, 5.41) is 2.99. The van der Waals surface area contributed by atoms with Gasteiger partial charge in [0.05, 0.1) is 10.4 Å². The maximum Gasteiger partial charge on any atom is 0.163 e. The molecular formula is C13H12ClF2NS. The van der Waals surface area contributed by atoms with Crippen molar-refractivity contribution in [1.82, 2.24) is 5.32 Å². The summed E-state index contributed by atoms with van der Waals surface area (Å²) in [6.07, 6.45) is 0. The summed E-state index contributed by atoms with van der Waals surface area (Å²) in [6, 6.07) is 5.68. The van der Waals surface area contributed by atoms with Gasteiger partial charge in [-0.2, -0.15) is 0 Å². The predicted octanol–water partition coefficient (Wildman–Crippen LogP) is 4.30. The van der Waals surface area contributed by atoms with E-state index in [2.05, 4.69) is 5.32 Å². The first-order valence-electron chi connectivity index (χ1n) is 5.41. The Morgan fingerprint density at radius 1 is 1.33 bits per heavy atom. The summed E-state index contributed by atoms with van der Waals surface area (Å²) in [5.41, 5.74) is 1.23. The lowest BCUT2D eigenvalue weighted by Crippen LogP contribution is -2.18. The van der Waals surface area contributed by atoms with E-state index in [0.717, 1.165) is 16.5 Å². The molecule has 2 rings (SSSR count). The lowest BCUT2D eigenvalue weighted by molar-refractivity contribution is 0.488. The molecule has 0 amide bonds. The van der Waals surface area contributed by atoms with Gasteiger partial charge in [0.1, 0.15) is 0 Å². The third kappa shape index (κ3) is 2.41. The fourth-order valence-corrected chi connectivity index (χ4v) is 3.17. The van der Waals surface area contributed by atoms with E-state index in [1.165, 1.54) is 17.4 Å². The van der Waals surface area contributed by atoms with E-state index in [1.807, 2.05) is 13.0 Å². The number of aryl methyl sites for hydroxylation is 1. The third-order valence-corrected chi connectivity index (χ3v) is 4.36. The van der Waals surface area contributed by atoms with E-state index >= 15 is 0 Å². The average molecular weight is 288 g/mol. The molecule has 18 heavy (non-hydrogen) atoms. The molecule has 0 saturated heterocycles. The quantitative estimate of drug-likeness (QED) is 0.888. The van der Waals surface area contributed by atoms with Gasteiger partial charge in [-0.3, -0.25) is 0 Å². The number of hydrogen-bond acceptors (Lipinski definition) is 2. The number of rotatable bonds is 3. The van der Waals surface area contributed by atoms with Crippen LogP contribution in [0.4, 0.5) is 8.78 Å². The van der Waals surface area contributed by atoms with Crippen LogP contribution >= 0.6 is 22.9 Å². The summed E-state index contributed by atoms with van der Waals surface area (Å²) in [4.78, 5) is 0.865. The van der Waals surface area contributed by atoms with E-state index < -0.39 is 17.7 Å². The zero-order valence-corrected chi connectivity index (χ0v) is 11.5. The van der Waals surface area contributed by atoms with Gasteiger partial charge < -0.3 is 5.32 Å². The lowest BCUT2D eigenvalue weighted by Gasteiger charge is -2.15. The molecule has 0 aliphatic carbocycles. The predicted molar refractivity (Wildman–Crippen MR) is 71.3 cm³/mol. The number of nitrogens with one attached hydrogen (secondary N) is 1. The van der Waals surface area contributed by atoms with Crippen LogP contribution in [0.15, 0.2) is 24.3 Å². The van der Waals surface area contributed by atoms with Crippen LogP contribution in [0.25, 0.3) is 0 Å². The Morgan fingerprint density at radius 3 is 2.61 bits per heavy atom. The Morgan fingerprint density at radius 2 is 2.06 bits per heavy atom. The van der Waals surface area contributed by atoms with Crippen LogP contribution in [0.2, 0.25) is 4.34 Å². The molecule has 1 aromatic heterocycles. The molecule has 1 unspecified atom stereocenters. The molecular weight excluding hydrogens is 276 g/mol. The van der Waals surface area contributed by atoms with Gasteiger partial charge >= 0.3 is 0 Å². The summed E-state index contributed by atoms with van der Waals surface area (Å²) < 4.78 is 27.7. The van der Waals surface area contributed by atoms with Crippen molar-refractivity contribution in [3.8, 4) is 0 Å². The van der Waals surface area contributed by atoms with Crippen molar-refractivity contribution < 1.29 is 8.78 Å². The summed E-state index contributed by atoms with van der Waals surface area (Å²) in [5.74, 6) is -1.66. The number of thiophene rings is 1. The van der Waals surface area contributed by atoms with E-state index in [9.17, 15) is 8.78 Å². The highest BCUT2D eigenvalue weighted by Gasteiger charge is 2.20. The van der Waals surface area contributed by atoms with Crippen LogP contribution in [0.1, 0.15) is 22.0 Å². The smallest absolute Gasteiger partial charge is 0.163 e. The summed E-state index contributed by atoms with van der Waals surface area (Å²) >= 11 is 7.38. The zero-order valence-electron chi connectivity index (χ0n) is 9.93. The van der Waals surface area contributed by atoms with Gasteiger partial charge in [-0.1, -0.05) is 23.7 Å². The van der Waals surface area contributed by atoms with Crippen molar-refractivity contribution >= 4 is 22.9 Å². The molecule has 96 valence electrons. The maximum atomic E-state index is 13.8. The van der Waals surface area contributed by atoms with E-state index in [4.69, 9.17) is 11.6 Å². The van der Waals surface area contributed by atoms with Crippen molar-refractivity contribution in [2.75, 3.05) is 7.05 Å². The second-order valence-electron chi connectivity index (χ2n) is 3.97. The number of hydrogen-bond donors (Lipinski definition) is 1. The van der Waals surface area contributed by atoms with Gasteiger partial charge in [-0.25, -0.2) is 8.78 Å². The monoisotopic (exact) mass is 287 g/mol. The second-order valence-corrected chi connectivity index (χ2v) is 5.66. The van der Waals surface area contributed by atoms with E-state index in [1.54, 1.807) is 13.1 Å². The van der Waals surface area contributed by atoms with Gasteiger partial charge in [0.2, 0.25) is 0 Å². The Balaban J connectivity index is 2.48. The Labute approximate surface area is 113 Å². The lowest BCUT2D eigenvalue weighted by atomic mass is 10.0. The van der Waals surface area contributed by atoms with Crippen LogP contribution < -0.4 is 5.32 Å². The Kier molecular flexibility index (Phi) is 4.00. The first kappa shape index (κ1) is 13.5. The van der Waals surface area contributed by atoms with Crippen molar-refractivity contribution in [1.29, 1.82) is 0 Å². The van der Waals surface area contributed by atoms with Gasteiger partial charge in [0, 0.05) is 10.4 Å². The standard InChI is InChI=1S/C13H12ClF2NS/c1-7-6-10(18-13(7)14)12(17-2)8-4-3-5-9(15)11(8)16/h3-6,12,17H,1-2H3.